The van der Waals surface area contributed by atoms with Crippen LogP contribution in [0.4, 0.5) is 0 Å². The topological polar surface area (TPSA) is 101 Å². The maximum atomic E-state index is 5.74. The number of para-hydroxylation sites is 1. The van der Waals surface area contributed by atoms with Gasteiger partial charge in [0.1, 0.15) is 0 Å². The average molecular weight is 380 g/mol. The first-order chi connectivity index (χ1) is 13.4. The Labute approximate surface area is 157 Å². The second kappa shape index (κ2) is 6.72. The lowest BCUT2D eigenvalue weighted by atomic mass is 10.2. The van der Waals surface area contributed by atoms with Gasteiger partial charge in [-0.15, -0.1) is 15.3 Å². The molecule has 27 heavy (non-hydrogen) atoms. The molecular weight excluding hydrogens is 368 g/mol. The monoisotopic (exact) mass is 380 g/mol. The fourth-order valence-electron chi connectivity index (χ4n) is 2.61. The largest absolute Gasteiger partial charge is 0.454 e. The molecule has 3 heterocycles. The number of tetrazole rings is 1. The van der Waals surface area contributed by atoms with Crippen LogP contribution < -0.4 is 9.47 Å². The van der Waals surface area contributed by atoms with Crippen molar-refractivity contribution in [1.82, 2.24) is 30.4 Å². The summed E-state index contributed by atoms with van der Waals surface area (Å²) in [7, 11) is 0. The minimum Gasteiger partial charge on any atom is -0.454 e. The lowest BCUT2D eigenvalue weighted by molar-refractivity contribution is 0.174. The van der Waals surface area contributed by atoms with Crippen molar-refractivity contribution in [2.45, 2.75) is 11.0 Å². The number of fused-ring (bicyclic) bond motifs is 1. The van der Waals surface area contributed by atoms with Crippen LogP contribution >= 0.6 is 11.8 Å². The predicted octanol–water partition coefficient (Wildman–Crippen LogP) is 2.73. The molecule has 4 aromatic rings. The van der Waals surface area contributed by atoms with Gasteiger partial charge in [-0.1, -0.05) is 30.0 Å². The number of hydrogen-bond acceptors (Lipinski definition) is 9. The Morgan fingerprint density at radius 1 is 0.963 bits per heavy atom. The number of nitrogens with zero attached hydrogens (tertiary/aromatic N) is 6. The molecule has 9 nitrogen and oxygen atoms in total. The average Bonchev–Trinajstić information content (AvgIpc) is 3.46. The summed E-state index contributed by atoms with van der Waals surface area (Å²) < 4.78 is 18.1. The molecule has 0 aliphatic carbocycles. The second-order valence-electron chi connectivity index (χ2n) is 5.57. The van der Waals surface area contributed by atoms with Crippen LogP contribution in [-0.4, -0.2) is 37.2 Å². The molecule has 2 aromatic heterocycles. The predicted molar refractivity (Wildman–Crippen MR) is 94.6 cm³/mol. The normalized spacial score (nSPS) is 12.4. The minimum atomic E-state index is 0.222. The van der Waals surface area contributed by atoms with E-state index in [2.05, 4.69) is 25.7 Å². The van der Waals surface area contributed by atoms with E-state index in [0.29, 0.717) is 34.2 Å². The van der Waals surface area contributed by atoms with Gasteiger partial charge in [0.25, 0.3) is 5.22 Å². The maximum Gasteiger partial charge on any atom is 0.277 e. The van der Waals surface area contributed by atoms with E-state index in [1.54, 1.807) is 4.68 Å². The van der Waals surface area contributed by atoms with Gasteiger partial charge >= 0.3 is 0 Å². The van der Waals surface area contributed by atoms with E-state index in [0.717, 1.165) is 11.3 Å². The standard InChI is InChI=1S/C17H12N6O3S/c1-2-4-12(5-3-1)23-15(18-21-22-23)9-27-17-20-19-16(26-17)11-6-7-13-14(8-11)25-10-24-13/h1-8H,9-10H2. The van der Waals surface area contributed by atoms with Gasteiger partial charge < -0.3 is 13.9 Å². The highest BCUT2D eigenvalue weighted by Crippen LogP contribution is 2.36. The van der Waals surface area contributed by atoms with Crippen molar-refractivity contribution in [3.05, 3.63) is 54.4 Å². The summed E-state index contributed by atoms with van der Waals surface area (Å²) in [4.78, 5) is 0. The van der Waals surface area contributed by atoms with Crippen LogP contribution in [0.25, 0.3) is 17.1 Å². The van der Waals surface area contributed by atoms with Gasteiger partial charge in [-0.2, -0.15) is 4.68 Å². The molecule has 1 aliphatic heterocycles. The van der Waals surface area contributed by atoms with Gasteiger partial charge in [0, 0.05) is 5.56 Å². The highest BCUT2D eigenvalue weighted by molar-refractivity contribution is 7.98. The number of thioether (sulfide) groups is 1. The number of rotatable bonds is 5. The Balaban J connectivity index is 1.32. The van der Waals surface area contributed by atoms with Gasteiger partial charge in [0.05, 0.1) is 11.4 Å². The van der Waals surface area contributed by atoms with Crippen LogP contribution in [0.3, 0.4) is 0 Å². The fourth-order valence-corrected chi connectivity index (χ4v) is 3.28. The molecule has 0 saturated carbocycles. The van der Waals surface area contributed by atoms with Crippen LogP contribution in [0.1, 0.15) is 5.82 Å². The van der Waals surface area contributed by atoms with Crippen molar-refractivity contribution in [1.29, 1.82) is 0 Å². The van der Waals surface area contributed by atoms with Crippen LogP contribution in [0.2, 0.25) is 0 Å². The Kier molecular flexibility index (Phi) is 3.94. The number of ether oxygens (including phenoxy) is 2. The van der Waals surface area contributed by atoms with E-state index in [9.17, 15) is 0 Å². The van der Waals surface area contributed by atoms with Crippen LogP contribution in [-0.2, 0) is 5.75 Å². The number of hydrogen-bond donors (Lipinski definition) is 0. The molecule has 0 atom stereocenters. The molecule has 0 bridgehead atoms. The van der Waals surface area contributed by atoms with Crippen molar-refractivity contribution in [2.75, 3.05) is 6.79 Å². The van der Waals surface area contributed by atoms with E-state index in [-0.39, 0.29) is 6.79 Å². The fraction of sp³-hybridized carbons (Fsp3) is 0.118. The molecule has 0 saturated heterocycles. The van der Waals surface area contributed by atoms with Crippen LogP contribution in [0.5, 0.6) is 11.5 Å². The summed E-state index contributed by atoms with van der Waals surface area (Å²) in [5, 5.41) is 20.5. The zero-order valence-corrected chi connectivity index (χ0v) is 14.7. The van der Waals surface area contributed by atoms with E-state index >= 15 is 0 Å². The van der Waals surface area contributed by atoms with E-state index < -0.39 is 0 Å². The molecule has 10 heteroatoms. The summed E-state index contributed by atoms with van der Waals surface area (Å²) in [6, 6.07) is 15.2. The Bertz CT molecular complexity index is 1080. The summed E-state index contributed by atoms with van der Waals surface area (Å²) in [5.41, 5.74) is 1.66. The highest BCUT2D eigenvalue weighted by Gasteiger charge is 2.17. The van der Waals surface area contributed by atoms with Gasteiger partial charge in [-0.05, 0) is 40.8 Å². The zero-order chi connectivity index (χ0) is 18.1. The van der Waals surface area contributed by atoms with E-state index in [4.69, 9.17) is 13.9 Å². The summed E-state index contributed by atoms with van der Waals surface area (Å²) >= 11 is 1.37. The first-order valence-electron chi connectivity index (χ1n) is 8.06. The molecule has 0 fully saturated rings. The Hall–Kier alpha value is -3.40. The SMILES string of the molecule is c1ccc(-n2nnnc2CSc2nnc(-c3ccc4c(c3)OCO4)o2)cc1. The Morgan fingerprint density at radius 3 is 2.78 bits per heavy atom. The summed E-state index contributed by atoms with van der Waals surface area (Å²) in [5.74, 6) is 2.97. The molecule has 0 amide bonds. The van der Waals surface area contributed by atoms with Crippen molar-refractivity contribution in [2.24, 2.45) is 0 Å². The first-order valence-corrected chi connectivity index (χ1v) is 9.04. The third kappa shape index (κ3) is 3.10. The van der Waals surface area contributed by atoms with Crippen molar-refractivity contribution < 1.29 is 13.9 Å². The second-order valence-corrected chi connectivity index (χ2v) is 6.50. The minimum absolute atomic E-state index is 0.222. The van der Waals surface area contributed by atoms with Gasteiger partial charge in [0.15, 0.2) is 17.3 Å². The maximum absolute atomic E-state index is 5.74. The molecule has 0 N–H and O–H groups in total. The van der Waals surface area contributed by atoms with Gasteiger partial charge in [-0.25, -0.2) is 0 Å². The van der Waals surface area contributed by atoms with Gasteiger partial charge in [-0.3, -0.25) is 0 Å². The van der Waals surface area contributed by atoms with Crippen molar-refractivity contribution in [3.8, 4) is 28.6 Å². The van der Waals surface area contributed by atoms with E-state index in [1.165, 1.54) is 11.8 Å². The zero-order valence-electron chi connectivity index (χ0n) is 13.8. The highest BCUT2D eigenvalue weighted by atomic mass is 32.2. The molecule has 5 rings (SSSR count). The smallest absolute Gasteiger partial charge is 0.277 e. The lowest BCUT2D eigenvalue weighted by Crippen LogP contribution is -2.01. The third-order valence-corrected chi connectivity index (χ3v) is 4.70. The molecular formula is C17H12N6O3S. The Morgan fingerprint density at radius 2 is 1.85 bits per heavy atom. The molecule has 134 valence electrons. The van der Waals surface area contributed by atoms with Crippen LogP contribution in [0.15, 0.2) is 58.2 Å². The van der Waals surface area contributed by atoms with Crippen LogP contribution in [0, 0.1) is 0 Å². The molecule has 0 unspecified atom stereocenters. The molecule has 1 aliphatic rings. The first kappa shape index (κ1) is 15.8. The van der Waals surface area contributed by atoms with Crippen molar-refractivity contribution in [3.63, 3.8) is 0 Å². The number of benzene rings is 2. The quantitative estimate of drug-likeness (QED) is 0.484. The van der Waals surface area contributed by atoms with Gasteiger partial charge in [0.2, 0.25) is 12.7 Å². The lowest BCUT2D eigenvalue weighted by Gasteiger charge is -2.02. The third-order valence-electron chi connectivity index (χ3n) is 3.89. The van der Waals surface area contributed by atoms with Crippen molar-refractivity contribution >= 4 is 11.8 Å². The van der Waals surface area contributed by atoms with E-state index in [1.807, 2.05) is 48.5 Å². The summed E-state index contributed by atoms with van der Waals surface area (Å²) in [6.45, 7) is 0.222. The number of aromatic nitrogens is 6. The summed E-state index contributed by atoms with van der Waals surface area (Å²) in [6.07, 6.45) is 0. The molecule has 2 aromatic carbocycles. The molecule has 0 radical (unpaired) electrons. The molecule has 0 spiro atoms.